The van der Waals surface area contributed by atoms with Crippen LogP contribution in [0.25, 0.3) is 11.3 Å². The highest BCUT2D eigenvalue weighted by molar-refractivity contribution is 5.58. The second-order valence-corrected chi connectivity index (χ2v) is 3.28. The van der Waals surface area contributed by atoms with Gasteiger partial charge in [-0.2, -0.15) is 0 Å². The van der Waals surface area contributed by atoms with Gasteiger partial charge in [0.1, 0.15) is 0 Å². The van der Waals surface area contributed by atoms with Gasteiger partial charge >= 0.3 is 0 Å². The Hall–Kier alpha value is -1.77. The Morgan fingerprint density at radius 3 is 2.14 bits per heavy atom. The van der Waals surface area contributed by atoms with Gasteiger partial charge in [-0.15, -0.1) is 0 Å². The van der Waals surface area contributed by atoms with Gasteiger partial charge in [0.05, 0.1) is 5.69 Å². The molecule has 0 radical (unpaired) electrons. The molecule has 0 spiro atoms. The molecule has 72 valence electrons. The van der Waals surface area contributed by atoms with Crippen molar-refractivity contribution < 1.29 is 0 Å². The Morgan fingerprint density at radius 2 is 1.64 bits per heavy atom. The molecule has 0 fully saturated rings. The normalized spacial score (nSPS) is 10.4. The third-order valence-corrected chi connectivity index (χ3v) is 2.45. The summed E-state index contributed by atoms with van der Waals surface area (Å²) < 4.78 is 3.43. The second kappa shape index (κ2) is 3.18. The molecule has 0 saturated carbocycles. The van der Waals surface area contributed by atoms with Crippen LogP contribution in [0.1, 0.15) is 0 Å². The quantitative estimate of drug-likeness (QED) is 0.664. The average Bonchev–Trinajstić information content (AvgIpc) is 2.47. The van der Waals surface area contributed by atoms with E-state index in [2.05, 4.69) is 0 Å². The summed E-state index contributed by atoms with van der Waals surface area (Å²) in [5, 5.41) is 0. The predicted octanol–water partition coefficient (Wildman–Crippen LogP) is 1.39. The maximum atomic E-state index is 11.4. The minimum Gasteiger partial charge on any atom is -0.285 e. The minimum atomic E-state index is 0.0198. The lowest BCUT2D eigenvalue weighted by molar-refractivity contribution is 0.584. The highest BCUT2D eigenvalue weighted by Crippen LogP contribution is 2.15. The largest absolute Gasteiger partial charge is 0.285 e. The Morgan fingerprint density at radius 1 is 1.00 bits per heavy atom. The summed E-state index contributed by atoms with van der Waals surface area (Å²) in [6, 6.07) is 11.5. The number of hydrogen-bond donors (Lipinski definition) is 0. The summed E-state index contributed by atoms with van der Waals surface area (Å²) in [6.07, 6.45) is 0. The predicted molar refractivity (Wildman–Crippen MR) is 56.1 cm³/mol. The molecule has 1 aromatic carbocycles. The van der Waals surface area contributed by atoms with Gasteiger partial charge in [-0.1, -0.05) is 30.3 Å². The van der Waals surface area contributed by atoms with Crippen molar-refractivity contribution in [3.63, 3.8) is 0 Å². The maximum absolute atomic E-state index is 11.4. The molecule has 0 aliphatic carbocycles. The molecule has 0 atom stereocenters. The second-order valence-electron chi connectivity index (χ2n) is 3.28. The number of aromatic nitrogens is 2. The lowest BCUT2D eigenvalue weighted by atomic mass is 10.1. The SMILES string of the molecule is Cn1c(-c2ccccc2)cc(=O)n1C. The summed E-state index contributed by atoms with van der Waals surface area (Å²) in [4.78, 5) is 11.4. The zero-order valence-corrected chi connectivity index (χ0v) is 8.27. The molecule has 2 aromatic rings. The van der Waals surface area contributed by atoms with E-state index in [-0.39, 0.29) is 5.56 Å². The van der Waals surface area contributed by atoms with Gasteiger partial charge in [-0.05, 0) is 5.56 Å². The molecule has 0 bridgehead atoms. The van der Waals surface area contributed by atoms with Crippen LogP contribution in [0.4, 0.5) is 0 Å². The minimum absolute atomic E-state index is 0.0198. The van der Waals surface area contributed by atoms with Crippen molar-refractivity contribution in [2.75, 3.05) is 0 Å². The third kappa shape index (κ3) is 1.27. The van der Waals surface area contributed by atoms with Crippen LogP contribution in [0.3, 0.4) is 0 Å². The zero-order valence-electron chi connectivity index (χ0n) is 8.27. The van der Waals surface area contributed by atoms with Crippen LogP contribution in [-0.4, -0.2) is 9.36 Å². The van der Waals surface area contributed by atoms with Crippen molar-refractivity contribution >= 4 is 0 Å². The first-order chi connectivity index (χ1) is 6.70. The molecule has 3 nitrogen and oxygen atoms in total. The maximum Gasteiger partial charge on any atom is 0.266 e. The van der Waals surface area contributed by atoms with Crippen molar-refractivity contribution in [2.45, 2.75) is 0 Å². The number of hydrogen-bond acceptors (Lipinski definition) is 1. The van der Waals surface area contributed by atoms with Crippen molar-refractivity contribution in [1.82, 2.24) is 9.36 Å². The van der Waals surface area contributed by atoms with Gasteiger partial charge in [0.15, 0.2) is 0 Å². The fourth-order valence-electron chi connectivity index (χ4n) is 1.49. The van der Waals surface area contributed by atoms with Crippen molar-refractivity contribution in [1.29, 1.82) is 0 Å². The first kappa shape index (κ1) is 8.81. The van der Waals surface area contributed by atoms with E-state index in [4.69, 9.17) is 0 Å². The molecule has 0 aliphatic rings. The molecule has 2 rings (SSSR count). The van der Waals surface area contributed by atoms with Gasteiger partial charge in [0.2, 0.25) is 0 Å². The van der Waals surface area contributed by atoms with Gasteiger partial charge in [-0.3, -0.25) is 14.2 Å². The van der Waals surface area contributed by atoms with Gasteiger partial charge in [0.25, 0.3) is 5.56 Å². The zero-order chi connectivity index (χ0) is 10.1. The summed E-state index contributed by atoms with van der Waals surface area (Å²) in [5.41, 5.74) is 2.03. The molecule has 1 aromatic heterocycles. The Labute approximate surface area is 82.2 Å². The molecule has 1 heterocycles. The lowest BCUT2D eigenvalue weighted by Gasteiger charge is -2.04. The molecule has 14 heavy (non-hydrogen) atoms. The van der Waals surface area contributed by atoms with Crippen LogP contribution in [0.15, 0.2) is 41.2 Å². The van der Waals surface area contributed by atoms with Crippen molar-refractivity contribution in [2.24, 2.45) is 14.1 Å². The summed E-state index contributed by atoms with van der Waals surface area (Å²) in [6.45, 7) is 0. The number of benzene rings is 1. The highest BCUT2D eigenvalue weighted by Gasteiger charge is 2.05. The van der Waals surface area contributed by atoms with Crippen LogP contribution in [-0.2, 0) is 14.1 Å². The van der Waals surface area contributed by atoms with Crippen LogP contribution in [0, 0.1) is 0 Å². The summed E-state index contributed by atoms with van der Waals surface area (Å²) >= 11 is 0. The van der Waals surface area contributed by atoms with Crippen LogP contribution in [0.2, 0.25) is 0 Å². The van der Waals surface area contributed by atoms with Gasteiger partial charge < -0.3 is 0 Å². The highest BCUT2D eigenvalue weighted by atomic mass is 16.1. The molecule has 3 heteroatoms. The van der Waals surface area contributed by atoms with Gasteiger partial charge in [-0.25, -0.2) is 0 Å². The van der Waals surface area contributed by atoms with E-state index in [0.29, 0.717) is 0 Å². The molecule has 0 amide bonds. The van der Waals surface area contributed by atoms with E-state index in [0.717, 1.165) is 11.3 Å². The smallest absolute Gasteiger partial charge is 0.266 e. The molecular formula is C11H12N2O. The average molecular weight is 188 g/mol. The van der Waals surface area contributed by atoms with Crippen LogP contribution in [0.5, 0.6) is 0 Å². The first-order valence-electron chi connectivity index (χ1n) is 4.48. The van der Waals surface area contributed by atoms with E-state index in [1.807, 2.05) is 42.1 Å². The lowest BCUT2D eigenvalue weighted by Crippen LogP contribution is -2.16. The number of rotatable bonds is 1. The van der Waals surface area contributed by atoms with E-state index in [1.54, 1.807) is 17.8 Å². The summed E-state index contributed by atoms with van der Waals surface area (Å²) in [7, 11) is 3.64. The van der Waals surface area contributed by atoms with Gasteiger partial charge in [0, 0.05) is 20.2 Å². The fourth-order valence-corrected chi connectivity index (χ4v) is 1.49. The van der Waals surface area contributed by atoms with Crippen molar-refractivity contribution in [3.8, 4) is 11.3 Å². The van der Waals surface area contributed by atoms with Crippen LogP contribution < -0.4 is 5.56 Å². The molecular weight excluding hydrogens is 176 g/mol. The fraction of sp³-hybridized carbons (Fsp3) is 0.182. The molecule has 0 N–H and O–H groups in total. The topological polar surface area (TPSA) is 26.9 Å². The van der Waals surface area contributed by atoms with E-state index in [9.17, 15) is 4.79 Å². The van der Waals surface area contributed by atoms with Crippen molar-refractivity contribution in [3.05, 3.63) is 46.8 Å². The third-order valence-electron chi connectivity index (χ3n) is 2.45. The van der Waals surface area contributed by atoms with Crippen LogP contribution >= 0.6 is 0 Å². The van der Waals surface area contributed by atoms with E-state index < -0.39 is 0 Å². The Bertz CT molecular complexity index is 494. The number of nitrogens with zero attached hydrogens (tertiary/aromatic N) is 2. The summed E-state index contributed by atoms with van der Waals surface area (Å²) in [5.74, 6) is 0. The molecule has 0 aliphatic heterocycles. The standard InChI is InChI=1S/C11H12N2O/c1-12-10(8-11(14)13(12)2)9-6-4-3-5-7-9/h3-8H,1-2H3. The molecule has 0 unspecified atom stereocenters. The Balaban J connectivity index is 2.64. The first-order valence-corrected chi connectivity index (χ1v) is 4.48. The van der Waals surface area contributed by atoms with E-state index in [1.165, 1.54) is 0 Å². The monoisotopic (exact) mass is 188 g/mol. The van der Waals surface area contributed by atoms with E-state index >= 15 is 0 Å². The Kier molecular flexibility index (Phi) is 2.00. The molecule has 0 saturated heterocycles.